The van der Waals surface area contributed by atoms with Crippen molar-refractivity contribution >= 4 is 5.78 Å². The molecule has 0 aliphatic rings. The van der Waals surface area contributed by atoms with Gasteiger partial charge in [0.15, 0.2) is 17.3 Å². The summed E-state index contributed by atoms with van der Waals surface area (Å²) in [5.74, 6) is 1.03. The van der Waals surface area contributed by atoms with Crippen molar-refractivity contribution < 1.29 is 14.3 Å². The van der Waals surface area contributed by atoms with Crippen LogP contribution >= 0.6 is 0 Å². The largest absolute Gasteiger partial charge is 0.493 e. The van der Waals surface area contributed by atoms with E-state index >= 15 is 0 Å². The highest BCUT2D eigenvalue weighted by Gasteiger charge is 2.13. The summed E-state index contributed by atoms with van der Waals surface area (Å²) in [6, 6.07) is 15.1. The molecule has 98 valence electrons. The Morgan fingerprint density at radius 3 is 2.42 bits per heavy atom. The lowest BCUT2D eigenvalue weighted by atomic mass is 10.1. The Morgan fingerprint density at radius 2 is 1.79 bits per heavy atom. The predicted molar refractivity (Wildman–Crippen MR) is 73.8 cm³/mol. The van der Waals surface area contributed by atoms with Crippen molar-refractivity contribution in [3.63, 3.8) is 0 Å². The Kier molecular flexibility index (Phi) is 4.18. The monoisotopic (exact) mass is 256 g/mol. The van der Waals surface area contributed by atoms with Crippen LogP contribution in [0.4, 0.5) is 0 Å². The van der Waals surface area contributed by atoms with Gasteiger partial charge >= 0.3 is 0 Å². The third-order valence-electron chi connectivity index (χ3n) is 2.80. The highest BCUT2D eigenvalue weighted by atomic mass is 16.5. The second-order valence-electron chi connectivity index (χ2n) is 4.17. The fourth-order valence-corrected chi connectivity index (χ4v) is 1.83. The third kappa shape index (κ3) is 3.13. The van der Waals surface area contributed by atoms with Gasteiger partial charge in [-0.1, -0.05) is 36.4 Å². The maximum atomic E-state index is 11.6. The van der Waals surface area contributed by atoms with E-state index in [0.717, 1.165) is 5.56 Å². The lowest BCUT2D eigenvalue weighted by Gasteiger charge is -2.13. The van der Waals surface area contributed by atoms with Crippen molar-refractivity contribution in [3.8, 4) is 11.5 Å². The number of carbonyl (C=O) groups is 1. The van der Waals surface area contributed by atoms with Crippen LogP contribution in [0.15, 0.2) is 48.5 Å². The topological polar surface area (TPSA) is 35.5 Å². The van der Waals surface area contributed by atoms with Crippen LogP contribution in [0.3, 0.4) is 0 Å². The fraction of sp³-hybridized carbons (Fsp3) is 0.188. The van der Waals surface area contributed by atoms with E-state index in [-0.39, 0.29) is 5.78 Å². The summed E-state index contributed by atoms with van der Waals surface area (Å²) in [5, 5.41) is 0. The molecular weight excluding hydrogens is 240 g/mol. The Bertz CT molecular complexity index is 561. The van der Waals surface area contributed by atoms with Gasteiger partial charge in [0.25, 0.3) is 0 Å². The first kappa shape index (κ1) is 13.1. The molecule has 0 aliphatic carbocycles. The van der Waals surface area contributed by atoms with E-state index in [1.54, 1.807) is 25.3 Å². The highest BCUT2D eigenvalue weighted by Crippen LogP contribution is 2.32. The van der Waals surface area contributed by atoms with Crippen LogP contribution < -0.4 is 9.47 Å². The number of para-hydroxylation sites is 1. The molecule has 0 aliphatic heterocycles. The first-order valence-electron chi connectivity index (χ1n) is 6.07. The van der Waals surface area contributed by atoms with E-state index in [1.165, 1.54) is 6.92 Å². The van der Waals surface area contributed by atoms with Crippen LogP contribution in [0.1, 0.15) is 22.8 Å². The number of carbonyl (C=O) groups excluding carboxylic acids is 1. The van der Waals surface area contributed by atoms with E-state index in [1.807, 2.05) is 30.3 Å². The van der Waals surface area contributed by atoms with Gasteiger partial charge in [0, 0.05) is 0 Å². The number of benzene rings is 2. The molecule has 0 N–H and O–H groups in total. The normalized spacial score (nSPS) is 10.0. The molecule has 19 heavy (non-hydrogen) atoms. The van der Waals surface area contributed by atoms with Crippen LogP contribution in [0.2, 0.25) is 0 Å². The predicted octanol–water partition coefficient (Wildman–Crippen LogP) is 3.48. The van der Waals surface area contributed by atoms with Gasteiger partial charge in [0.2, 0.25) is 0 Å². The summed E-state index contributed by atoms with van der Waals surface area (Å²) in [6.45, 7) is 1.92. The van der Waals surface area contributed by atoms with Crippen LogP contribution in [0.25, 0.3) is 0 Å². The summed E-state index contributed by atoms with van der Waals surface area (Å²) in [5.41, 5.74) is 1.58. The molecule has 3 nitrogen and oxygen atoms in total. The molecule has 0 spiro atoms. The van der Waals surface area contributed by atoms with Gasteiger partial charge in [-0.25, -0.2) is 0 Å². The summed E-state index contributed by atoms with van der Waals surface area (Å²) in [4.78, 5) is 11.6. The first-order chi connectivity index (χ1) is 9.22. The van der Waals surface area contributed by atoms with Gasteiger partial charge < -0.3 is 9.47 Å². The smallest absolute Gasteiger partial charge is 0.172 e. The van der Waals surface area contributed by atoms with Gasteiger partial charge in [-0.3, -0.25) is 4.79 Å². The molecule has 0 radical (unpaired) electrons. The average molecular weight is 256 g/mol. The molecule has 2 rings (SSSR count). The number of ketones is 1. The van der Waals surface area contributed by atoms with E-state index in [0.29, 0.717) is 23.7 Å². The number of Topliss-reactive ketones (excluding diaryl/α,β-unsaturated/α-hetero) is 1. The van der Waals surface area contributed by atoms with Crippen molar-refractivity contribution in [2.75, 3.05) is 7.11 Å². The van der Waals surface area contributed by atoms with Gasteiger partial charge in [0.1, 0.15) is 6.61 Å². The molecule has 2 aromatic rings. The molecule has 3 heteroatoms. The molecule has 2 aromatic carbocycles. The van der Waals surface area contributed by atoms with Crippen LogP contribution in [-0.2, 0) is 6.61 Å². The molecule has 0 aromatic heterocycles. The molecule has 0 unspecified atom stereocenters. The lowest BCUT2D eigenvalue weighted by molar-refractivity contribution is 0.101. The fourth-order valence-electron chi connectivity index (χ4n) is 1.83. The van der Waals surface area contributed by atoms with Gasteiger partial charge in [-0.05, 0) is 24.6 Å². The number of hydrogen-bond acceptors (Lipinski definition) is 3. The molecule has 0 heterocycles. The highest BCUT2D eigenvalue weighted by molar-refractivity contribution is 5.97. The average Bonchev–Trinajstić information content (AvgIpc) is 2.45. The van der Waals surface area contributed by atoms with E-state index in [2.05, 4.69) is 0 Å². The molecule has 0 bridgehead atoms. The number of hydrogen-bond donors (Lipinski definition) is 0. The molecule has 0 fully saturated rings. The van der Waals surface area contributed by atoms with Crippen molar-refractivity contribution in [2.24, 2.45) is 0 Å². The number of ether oxygens (including phenoxy) is 2. The Labute approximate surface area is 112 Å². The Hall–Kier alpha value is -2.29. The Balaban J connectivity index is 2.25. The summed E-state index contributed by atoms with van der Waals surface area (Å²) >= 11 is 0. The summed E-state index contributed by atoms with van der Waals surface area (Å²) < 4.78 is 11.0. The van der Waals surface area contributed by atoms with E-state index in [4.69, 9.17) is 9.47 Å². The van der Waals surface area contributed by atoms with Gasteiger partial charge in [-0.15, -0.1) is 0 Å². The van der Waals surface area contributed by atoms with Crippen molar-refractivity contribution in [3.05, 3.63) is 59.7 Å². The summed E-state index contributed by atoms with van der Waals surface area (Å²) in [7, 11) is 1.56. The minimum atomic E-state index is -0.0399. The van der Waals surface area contributed by atoms with Crippen LogP contribution in [0.5, 0.6) is 11.5 Å². The van der Waals surface area contributed by atoms with Crippen LogP contribution in [-0.4, -0.2) is 12.9 Å². The van der Waals surface area contributed by atoms with E-state index in [9.17, 15) is 4.79 Å². The first-order valence-corrected chi connectivity index (χ1v) is 6.07. The summed E-state index contributed by atoms with van der Waals surface area (Å²) in [6.07, 6.45) is 0. The second kappa shape index (κ2) is 6.05. The second-order valence-corrected chi connectivity index (χ2v) is 4.17. The Morgan fingerprint density at radius 1 is 1.05 bits per heavy atom. The standard InChI is InChI=1S/C16H16O3/c1-12(17)14-9-6-10-15(18-2)16(14)19-11-13-7-4-3-5-8-13/h3-10H,11H2,1-2H3. The maximum absolute atomic E-state index is 11.6. The van der Waals surface area contributed by atoms with Gasteiger partial charge in [0.05, 0.1) is 12.7 Å². The maximum Gasteiger partial charge on any atom is 0.172 e. The number of rotatable bonds is 5. The van der Waals surface area contributed by atoms with Crippen LogP contribution in [0, 0.1) is 0 Å². The van der Waals surface area contributed by atoms with Crippen molar-refractivity contribution in [2.45, 2.75) is 13.5 Å². The molecule has 0 amide bonds. The zero-order chi connectivity index (χ0) is 13.7. The third-order valence-corrected chi connectivity index (χ3v) is 2.80. The van der Waals surface area contributed by atoms with Gasteiger partial charge in [-0.2, -0.15) is 0 Å². The molecular formula is C16H16O3. The van der Waals surface area contributed by atoms with Crippen molar-refractivity contribution in [1.82, 2.24) is 0 Å². The minimum absolute atomic E-state index is 0.0399. The lowest BCUT2D eigenvalue weighted by Crippen LogP contribution is -2.03. The SMILES string of the molecule is COc1cccc(C(C)=O)c1OCc1ccccc1. The van der Waals surface area contributed by atoms with Crippen molar-refractivity contribution in [1.29, 1.82) is 0 Å². The quantitative estimate of drug-likeness (QED) is 0.768. The van der Waals surface area contributed by atoms with E-state index < -0.39 is 0 Å². The minimum Gasteiger partial charge on any atom is -0.493 e. The zero-order valence-corrected chi connectivity index (χ0v) is 11.1. The number of methoxy groups -OCH3 is 1. The zero-order valence-electron chi connectivity index (χ0n) is 11.1. The molecule has 0 atom stereocenters. The molecule has 0 saturated carbocycles. The molecule has 0 saturated heterocycles.